The molecule has 1 aliphatic carbocycles. The molecular formula is C25H30N2O5S. The van der Waals surface area contributed by atoms with Gasteiger partial charge in [-0.3, -0.25) is 9.59 Å². The van der Waals surface area contributed by atoms with Gasteiger partial charge in [0.25, 0.3) is 0 Å². The van der Waals surface area contributed by atoms with Gasteiger partial charge in [0.2, 0.25) is 15.9 Å². The van der Waals surface area contributed by atoms with Crippen molar-refractivity contribution in [2.45, 2.75) is 55.8 Å². The number of rotatable bonds is 9. The Labute approximate surface area is 195 Å². The van der Waals surface area contributed by atoms with Crippen molar-refractivity contribution in [3.8, 4) is 0 Å². The molecule has 7 nitrogen and oxygen atoms in total. The van der Waals surface area contributed by atoms with Crippen molar-refractivity contribution >= 4 is 27.6 Å². The van der Waals surface area contributed by atoms with Crippen LogP contribution in [0.25, 0.3) is 0 Å². The zero-order chi connectivity index (χ0) is 23.5. The monoisotopic (exact) mass is 470 g/mol. The molecule has 1 aliphatic heterocycles. The summed E-state index contributed by atoms with van der Waals surface area (Å²) in [6.07, 6.45) is 4.18. The molecule has 1 N–H and O–H groups in total. The second kappa shape index (κ2) is 9.65. The highest BCUT2D eigenvalue weighted by atomic mass is 32.2. The summed E-state index contributed by atoms with van der Waals surface area (Å²) in [5.74, 6) is -0.302. The molecule has 176 valence electrons. The molecule has 1 saturated heterocycles. The van der Waals surface area contributed by atoms with Crippen LogP contribution < -0.4 is 5.32 Å². The number of ether oxygens (including phenoxy) is 1. The first-order valence-electron chi connectivity index (χ1n) is 11.5. The lowest BCUT2D eigenvalue weighted by atomic mass is 9.96. The number of nitrogens with zero attached hydrogens (tertiary/aromatic N) is 1. The highest BCUT2D eigenvalue weighted by Crippen LogP contribution is 2.49. The summed E-state index contributed by atoms with van der Waals surface area (Å²) >= 11 is 0. The number of nitrogens with one attached hydrogen (secondary N) is 1. The summed E-state index contributed by atoms with van der Waals surface area (Å²) in [7, 11) is -3.42. The SMILES string of the molecule is CCOC(=O)C1(c2ccc(NC(=O)CCc3ccc(S(=O)(=O)N4CCCC4)cc3)cc2)CC1. The van der Waals surface area contributed by atoms with Gasteiger partial charge in [0, 0.05) is 25.2 Å². The maximum Gasteiger partial charge on any atom is 0.316 e. The fourth-order valence-electron chi connectivity index (χ4n) is 4.26. The van der Waals surface area contributed by atoms with E-state index in [9.17, 15) is 18.0 Å². The third-order valence-corrected chi connectivity index (χ3v) is 8.32. The third kappa shape index (κ3) is 5.12. The summed E-state index contributed by atoms with van der Waals surface area (Å²) in [5.41, 5.74) is 1.98. The minimum absolute atomic E-state index is 0.122. The molecule has 1 amide bonds. The van der Waals surface area contributed by atoms with Gasteiger partial charge in [0.05, 0.1) is 16.9 Å². The van der Waals surface area contributed by atoms with Gasteiger partial charge in [-0.25, -0.2) is 8.42 Å². The predicted molar refractivity (Wildman–Crippen MR) is 125 cm³/mol. The van der Waals surface area contributed by atoms with Crippen molar-refractivity contribution in [3.05, 3.63) is 59.7 Å². The van der Waals surface area contributed by atoms with Crippen LogP contribution in [0.4, 0.5) is 5.69 Å². The Hall–Kier alpha value is -2.71. The average Bonchev–Trinajstić information content (AvgIpc) is 3.43. The molecule has 0 bridgehead atoms. The molecule has 0 unspecified atom stereocenters. The van der Waals surface area contributed by atoms with Gasteiger partial charge < -0.3 is 10.1 Å². The van der Waals surface area contributed by atoms with Gasteiger partial charge >= 0.3 is 5.97 Å². The van der Waals surface area contributed by atoms with E-state index in [2.05, 4.69) is 5.32 Å². The molecule has 0 atom stereocenters. The molecule has 33 heavy (non-hydrogen) atoms. The van der Waals surface area contributed by atoms with E-state index in [1.165, 1.54) is 4.31 Å². The Morgan fingerprint density at radius 3 is 2.21 bits per heavy atom. The minimum atomic E-state index is -3.42. The zero-order valence-corrected chi connectivity index (χ0v) is 19.7. The van der Waals surface area contributed by atoms with Gasteiger partial charge in [-0.15, -0.1) is 0 Å². The molecule has 2 aliphatic rings. The van der Waals surface area contributed by atoms with Crippen molar-refractivity contribution < 1.29 is 22.7 Å². The fraction of sp³-hybridized carbons (Fsp3) is 0.440. The molecule has 2 fully saturated rings. The van der Waals surface area contributed by atoms with E-state index >= 15 is 0 Å². The van der Waals surface area contributed by atoms with Crippen molar-refractivity contribution in [1.82, 2.24) is 4.31 Å². The maximum absolute atomic E-state index is 12.6. The Morgan fingerprint density at radius 2 is 1.64 bits per heavy atom. The Kier molecular flexibility index (Phi) is 6.86. The van der Waals surface area contributed by atoms with Crippen molar-refractivity contribution in [2.75, 3.05) is 25.0 Å². The molecule has 8 heteroatoms. The predicted octanol–water partition coefficient (Wildman–Crippen LogP) is 3.64. The van der Waals surface area contributed by atoms with E-state index in [1.54, 1.807) is 31.2 Å². The number of hydrogen-bond acceptors (Lipinski definition) is 5. The first-order chi connectivity index (χ1) is 15.8. The van der Waals surface area contributed by atoms with Crippen molar-refractivity contribution in [3.63, 3.8) is 0 Å². The number of carbonyl (C=O) groups excluding carboxylic acids is 2. The van der Waals surface area contributed by atoms with Crippen LogP contribution in [0.2, 0.25) is 0 Å². The first-order valence-corrected chi connectivity index (χ1v) is 13.0. The van der Waals surface area contributed by atoms with E-state index < -0.39 is 15.4 Å². The van der Waals surface area contributed by atoms with Crippen LogP contribution in [0.1, 0.15) is 50.2 Å². The lowest BCUT2D eigenvalue weighted by molar-refractivity contribution is -0.146. The summed E-state index contributed by atoms with van der Waals surface area (Å²) in [4.78, 5) is 24.9. The van der Waals surface area contributed by atoms with Crippen LogP contribution in [-0.4, -0.2) is 44.3 Å². The second-order valence-electron chi connectivity index (χ2n) is 8.68. The minimum Gasteiger partial charge on any atom is -0.465 e. The third-order valence-electron chi connectivity index (χ3n) is 6.40. The molecule has 2 aromatic rings. The fourth-order valence-corrected chi connectivity index (χ4v) is 5.78. The lowest BCUT2D eigenvalue weighted by Gasteiger charge is -2.15. The topological polar surface area (TPSA) is 92.8 Å². The molecule has 1 heterocycles. The quantitative estimate of drug-likeness (QED) is 0.565. The highest BCUT2D eigenvalue weighted by Gasteiger charge is 2.52. The van der Waals surface area contributed by atoms with Crippen LogP contribution in [0.15, 0.2) is 53.4 Å². The Balaban J connectivity index is 1.29. The molecule has 4 rings (SSSR count). The van der Waals surface area contributed by atoms with Gasteiger partial charge in [-0.1, -0.05) is 24.3 Å². The standard InChI is InChI=1S/C25H30N2O5S/c1-2-32-24(29)25(15-16-25)20-8-10-21(11-9-20)26-23(28)14-7-19-5-12-22(13-6-19)33(30,31)27-17-3-4-18-27/h5-6,8-13H,2-4,7,14-18H2,1H3,(H,26,28). The highest BCUT2D eigenvalue weighted by molar-refractivity contribution is 7.89. The van der Waals surface area contributed by atoms with Crippen LogP contribution in [-0.2, 0) is 36.2 Å². The molecule has 0 spiro atoms. The van der Waals surface area contributed by atoms with E-state index in [-0.39, 0.29) is 18.3 Å². The van der Waals surface area contributed by atoms with Gasteiger partial charge in [-0.2, -0.15) is 4.31 Å². The number of amides is 1. The Bertz CT molecular complexity index is 1100. The van der Waals surface area contributed by atoms with Gasteiger partial charge in [0.15, 0.2) is 0 Å². The van der Waals surface area contributed by atoms with Crippen molar-refractivity contribution in [2.24, 2.45) is 0 Å². The van der Waals surface area contributed by atoms with Crippen LogP contribution in [0.5, 0.6) is 0 Å². The largest absolute Gasteiger partial charge is 0.465 e. The summed E-state index contributed by atoms with van der Waals surface area (Å²) < 4.78 is 31.9. The smallest absolute Gasteiger partial charge is 0.316 e. The van der Waals surface area contributed by atoms with Crippen LogP contribution in [0, 0.1) is 0 Å². The molecule has 1 saturated carbocycles. The number of carbonyl (C=O) groups is 2. The number of esters is 1. The summed E-state index contributed by atoms with van der Waals surface area (Å²) in [6.45, 7) is 3.33. The number of hydrogen-bond donors (Lipinski definition) is 1. The van der Waals surface area contributed by atoms with E-state index in [4.69, 9.17) is 4.74 Å². The summed E-state index contributed by atoms with van der Waals surface area (Å²) in [5, 5.41) is 2.88. The van der Waals surface area contributed by atoms with E-state index in [0.717, 1.165) is 36.8 Å². The summed E-state index contributed by atoms with van der Waals surface area (Å²) in [6, 6.07) is 14.2. The average molecular weight is 471 g/mol. The zero-order valence-electron chi connectivity index (χ0n) is 18.9. The number of benzene rings is 2. The number of sulfonamides is 1. The normalized spacial score (nSPS) is 17.5. The second-order valence-corrected chi connectivity index (χ2v) is 10.6. The van der Waals surface area contributed by atoms with Crippen LogP contribution in [0.3, 0.4) is 0 Å². The Morgan fingerprint density at radius 1 is 1.00 bits per heavy atom. The molecule has 0 radical (unpaired) electrons. The van der Waals surface area contributed by atoms with Gasteiger partial charge in [-0.05, 0) is 74.4 Å². The van der Waals surface area contributed by atoms with E-state index in [0.29, 0.717) is 36.7 Å². The molecular weight excluding hydrogens is 440 g/mol. The van der Waals surface area contributed by atoms with Crippen molar-refractivity contribution in [1.29, 1.82) is 0 Å². The number of aryl methyl sites for hydroxylation is 1. The van der Waals surface area contributed by atoms with Crippen LogP contribution >= 0.6 is 0 Å². The molecule has 0 aromatic heterocycles. The van der Waals surface area contributed by atoms with E-state index in [1.807, 2.05) is 24.3 Å². The van der Waals surface area contributed by atoms with Gasteiger partial charge in [0.1, 0.15) is 0 Å². The molecule has 2 aromatic carbocycles. The first kappa shape index (κ1) is 23.4. The maximum atomic E-state index is 12.6. The lowest BCUT2D eigenvalue weighted by Crippen LogP contribution is -2.27. The number of anilines is 1.